The number of nitrogens with zero attached hydrogens (tertiary/aromatic N) is 3. The third-order valence-electron chi connectivity index (χ3n) is 5.24. The van der Waals surface area contributed by atoms with Crippen LogP contribution < -0.4 is 9.64 Å². The van der Waals surface area contributed by atoms with Crippen molar-refractivity contribution in [3.8, 4) is 5.75 Å². The van der Waals surface area contributed by atoms with Gasteiger partial charge in [-0.1, -0.05) is 23.7 Å². The molecule has 0 spiro atoms. The molecule has 0 bridgehead atoms. The average Bonchev–Trinajstić information content (AvgIpc) is 2.75. The number of fused-ring (bicyclic) bond motifs is 1. The number of benzene rings is 2. The Balaban J connectivity index is 1.43. The second kappa shape index (κ2) is 8.25. The van der Waals surface area contributed by atoms with Crippen LogP contribution in [0.25, 0.3) is 10.9 Å². The third-order valence-corrected chi connectivity index (χ3v) is 5.57. The molecule has 1 aliphatic rings. The fourth-order valence-electron chi connectivity index (χ4n) is 3.65. The van der Waals surface area contributed by atoms with Gasteiger partial charge < -0.3 is 14.5 Å². The van der Waals surface area contributed by atoms with Gasteiger partial charge in [-0.15, -0.1) is 0 Å². The number of rotatable bonds is 4. The molecule has 1 aliphatic heterocycles. The van der Waals surface area contributed by atoms with E-state index in [0.717, 1.165) is 11.3 Å². The van der Waals surface area contributed by atoms with Gasteiger partial charge in [-0.3, -0.25) is 9.78 Å². The minimum Gasteiger partial charge on any atom is -0.497 e. The number of hydrogen-bond donors (Lipinski definition) is 0. The number of hydrogen-bond acceptors (Lipinski definition) is 4. The Hall–Kier alpha value is -2.86. The highest BCUT2D eigenvalue weighted by Gasteiger charge is 2.24. The van der Waals surface area contributed by atoms with Crippen LogP contribution in [-0.2, 0) is 11.2 Å². The van der Waals surface area contributed by atoms with Crippen LogP contribution >= 0.6 is 11.6 Å². The highest BCUT2D eigenvalue weighted by molar-refractivity contribution is 6.35. The lowest BCUT2D eigenvalue weighted by atomic mass is 10.1. The largest absolute Gasteiger partial charge is 0.497 e. The number of aromatic nitrogens is 1. The summed E-state index contributed by atoms with van der Waals surface area (Å²) in [5.41, 5.74) is 1.68. The number of carbonyl (C=O) groups is 1. The van der Waals surface area contributed by atoms with Crippen molar-refractivity contribution < 1.29 is 13.9 Å². The fourth-order valence-corrected chi connectivity index (χ4v) is 3.86. The van der Waals surface area contributed by atoms with E-state index < -0.39 is 0 Å². The van der Waals surface area contributed by atoms with E-state index >= 15 is 0 Å². The van der Waals surface area contributed by atoms with E-state index in [1.165, 1.54) is 6.20 Å². The Morgan fingerprint density at radius 2 is 1.97 bits per heavy atom. The second-order valence-electron chi connectivity index (χ2n) is 6.98. The van der Waals surface area contributed by atoms with Crippen LogP contribution in [0, 0.1) is 5.82 Å². The van der Waals surface area contributed by atoms with E-state index in [9.17, 15) is 9.18 Å². The molecule has 1 fully saturated rings. The SMILES string of the molecule is COc1cccc(CC(=O)N2CCN(c3ccc4c(Cl)ccnc4c3F)CC2)c1. The number of anilines is 1. The van der Waals surface area contributed by atoms with E-state index in [1.807, 2.05) is 34.1 Å². The molecule has 4 rings (SSSR count). The highest BCUT2D eigenvalue weighted by Crippen LogP contribution is 2.30. The monoisotopic (exact) mass is 413 g/mol. The van der Waals surface area contributed by atoms with Crippen molar-refractivity contribution in [2.45, 2.75) is 6.42 Å². The molecule has 3 aromatic rings. The summed E-state index contributed by atoms with van der Waals surface area (Å²) in [7, 11) is 1.61. The molecule has 2 heterocycles. The van der Waals surface area contributed by atoms with Crippen LogP contribution in [0.4, 0.5) is 10.1 Å². The van der Waals surface area contributed by atoms with Crippen molar-refractivity contribution in [1.82, 2.24) is 9.88 Å². The molecule has 5 nitrogen and oxygen atoms in total. The number of piperazine rings is 1. The van der Waals surface area contributed by atoms with E-state index in [0.29, 0.717) is 48.7 Å². The van der Waals surface area contributed by atoms with Crippen LogP contribution in [0.1, 0.15) is 5.56 Å². The molecule has 0 N–H and O–H groups in total. The van der Waals surface area contributed by atoms with Gasteiger partial charge in [0.2, 0.25) is 5.91 Å². The molecule has 29 heavy (non-hydrogen) atoms. The van der Waals surface area contributed by atoms with Crippen LogP contribution in [0.5, 0.6) is 5.75 Å². The summed E-state index contributed by atoms with van der Waals surface area (Å²) in [6.07, 6.45) is 1.83. The summed E-state index contributed by atoms with van der Waals surface area (Å²) in [5.74, 6) is 0.423. The van der Waals surface area contributed by atoms with Crippen molar-refractivity contribution in [1.29, 1.82) is 0 Å². The lowest BCUT2D eigenvalue weighted by Gasteiger charge is -2.36. The van der Waals surface area contributed by atoms with Gasteiger partial charge in [0.1, 0.15) is 11.3 Å². The summed E-state index contributed by atoms with van der Waals surface area (Å²) < 4.78 is 20.2. The third kappa shape index (κ3) is 3.98. The number of halogens is 2. The molecule has 1 aromatic heterocycles. The smallest absolute Gasteiger partial charge is 0.227 e. The van der Waals surface area contributed by atoms with Crippen LogP contribution in [0.3, 0.4) is 0 Å². The Morgan fingerprint density at radius 1 is 1.17 bits per heavy atom. The van der Waals surface area contributed by atoms with Gasteiger partial charge in [-0.25, -0.2) is 4.39 Å². The van der Waals surface area contributed by atoms with Crippen molar-refractivity contribution in [3.05, 3.63) is 65.1 Å². The van der Waals surface area contributed by atoms with Crippen LogP contribution in [0.2, 0.25) is 5.02 Å². The molecular formula is C22H21ClFN3O2. The quantitative estimate of drug-likeness (QED) is 0.650. The van der Waals surface area contributed by atoms with Gasteiger partial charge in [0, 0.05) is 37.8 Å². The lowest BCUT2D eigenvalue weighted by Crippen LogP contribution is -2.49. The first-order valence-electron chi connectivity index (χ1n) is 9.45. The zero-order valence-corrected chi connectivity index (χ0v) is 16.8. The number of amides is 1. The summed E-state index contributed by atoms with van der Waals surface area (Å²) in [4.78, 5) is 20.6. The zero-order chi connectivity index (χ0) is 20.4. The molecule has 150 valence electrons. The Morgan fingerprint density at radius 3 is 2.72 bits per heavy atom. The Kier molecular flexibility index (Phi) is 5.53. The Labute approximate surface area is 173 Å². The minimum absolute atomic E-state index is 0.0605. The molecule has 1 amide bonds. The molecule has 0 atom stereocenters. The van der Waals surface area contributed by atoms with Gasteiger partial charge in [-0.05, 0) is 35.9 Å². The first kappa shape index (κ1) is 19.5. The van der Waals surface area contributed by atoms with Crippen molar-refractivity contribution in [3.63, 3.8) is 0 Å². The fraction of sp³-hybridized carbons (Fsp3) is 0.273. The summed E-state index contributed by atoms with van der Waals surface area (Å²) >= 11 is 6.13. The second-order valence-corrected chi connectivity index (χ2v) is 7.39. The number of pyridine rings is 1. The molecule has 7 heteroatoms. The lowest BCUT2D eigenvalue weighted by molar-refractivity contribution is -0.130. The maximum atomic E-state index is 15.0. The molecule has 0 saturated carbocycles. The summed E-state index contributed by atoms with van der Waals surface area (Å²) in [6.45, 7) is 2.21. The van der Waals surface area contributed by atoms with Crippen molar-refractivity contribution in [2.75, 3.05) is 38.2 Å². The number of ether oxygens (including phenoxy) is 1. The van der Waals surface area contributed by atoms with Crippen molar-refractivity contribution in [2.24, 2.45) is 0 Å². The zero-order valence-electron chi connectivity index (χ0n) is 16.1. The van der Waals surface area contributed by atoms with Gasteiger partial charge >= 0.3 is 0 Å². The topological polar surface area (TPSA) is 45.7 Å². The molecular weight excluding hydrogens is 393 g/mol. The normalized spacial score (nSPS) is 14.3. The molecule has 0 aliphatic carbocycles. The maximum Gasteiger partial charge on any atom is 0.227 e. The summed E-state index contributed by atoms with van der Waals surface area (Å²) in [6, 6.07) is 12.7. The predicted octanol–water partition coefficient (Wildman–Crippen LogP) is 3.93. The molecule has 1 saturated heterocycles. The average molecular weight is 414 g/mol. The summed E-state index contributed by atoms with van der Waals surface area (Å²) in [5, 5.41) is 1.08. The van der Waals surface area contributed by atoms with E-state index in [-0.39, 0.29) is 17.2 Å². The van der Waals surface area contributed by atoms with Gasteiger partial charge in [0.25, 0.3) is 0 Å². The van der Waals surface area contributed by atoms with Crippen LogP contribution in [0.15, 0.2) is 48.7 Å². The van der Waals surface area contributed by atoms with Crippen molar-refractivity contribution >= 4 is 34.1 Å². The first-order chi connectivity index (χ1) is 14.1. The van der Waals surface area contributed by atoms with E-state index in [4.69, 9.17) is 16.3 Å². The Bertz CT molecular complexity index is 1050. The maximum absolute atomic E-state index is 15.0. The van der Waals surface area contributed by atoms with E-state index in [2.05, 4.69) is 4.98 Å². The highest BCUT2D eigenvalue weighted by atomic mass is 35.5. The first-order valence-corrected chi connectivity index (χ1v) is 9.83. The van der Waals surface area contributed by atoms with E-state index in [1.54, 1.807) is 25.3 Å². The number of carbonyl (C=O) groups excluding carboxylic acids is 1. The van der Waals surface area contributed by atoms with Gasteiger partial charge in [-0.2, -0.15) is 0 Å². The molecule has 0 unspecified atom stereocenters. The molecule has 0 radical (unpaired) electrons. The molecule has 2 aromatic carbocycles. The standard InChI is InChI=1S/C22H21ClFN3O2/c1-29-16-4-2-3-15(13-16)14-20(28)27-11-9-26(10-12-27)19-6-5-17-18(23)7-8-25-22(17)21(19)24/h2-8,13H,9-12,14H2,1H3. The van der Waals surface area contributed by atoms with Crippen LogP contribution in [-0.4, -0.2) is 49.1 Å². The number of methoxy groups -OCH3 is 1. The van der Waals surface area contributed by atoms with Gasteiger partial charge in [0.05, 0.1) is 24.2 Å². The van der Waals surface area contributed by atoms with Gasteiger partial charge in [0.15, 0.2) is 5.82 Å². The predicted molar refractivity (Wildman–Crippen MR) is 112 cm³/mol. The minimum atomic E-state index is -0.374.